The Kier molecular flexibility index (Phi) is 9.29. The van der Waals surface area contributed by atoms with E-state index in [9.17, 15) is 8.42 Å². The van der Waals surface area contributed by atoms with Crippen LogP contribution < -0.4 is 15.4 Å². The Hall–Kier alpha value is -2.42. The van der Waals surface area contributed by atoms with Gasteiger partial charge in [0.25, 0.3) is 0 Å². The van der Waals surface area contributed by atoms with Gasteiger partial charge in [-0.3, -0.25) is 0 Å². The van der Waals surface area contributed by atoms with E-state index in [1.807, 2.05) is 25.1 Å². The molecule has 3 N–H and O–H groups in total. The van der Waals surface area contributed by atoms with Crippen molar-refractivity contribution < 1.29 is 13.2 Å². The van der Waals surface area contributed by atoms with Crippen LogP contribution in [0.1, 0.15) is 36.6 Å². The van der Waals surface area contributed by atoms with Gasteiger partial charge in [0.15, 0.2) is 5.96 Å². The van der Waals surface area contributed by atoms with E-state index in [0.717, 1.165) is 12.1 Å². The molecular formula is C22H32N4O3S. The van der Waals surface area contributed by atoms with Crippen LogP contribution in [0.4, 0.5) is 0 Å². The number of aryl methyl sites for hydroxylation is 1. The highest BCUT2D eigenvalue weighted by molar-refractivity contribution is 7.89. The maximum absolute atomic E-state index is 12.4. The lowest BCUT2D eigenvalue weighted by molar-refractivity contribution is 0.204. The van der Waals surface area contributed by atoms with E-state index in [1.54, 1.807) is 18.2 Å². The third-order valence-electron chi connectivity index (χ3n) is 4.58. The second-order valence-electron chi connectivity index (χ2n) is 6.96. The summed E-state index contributed by atoms with van der Waals surface area (Å²) in [6.07, 6.45) is 0. The number of sulfonamides is 1. The van der Waals surface area contributed by atoms with E-state index < -0.39 is 10.0 Å². The molecule has 0 radical (unpaired) electrons. The van der Waals surface area contributed by atoms with Crippen LogP contribution in [-0.4, -0.2) is 41.2 Å². The van der Waals surface area contributed by atoms with Crippen LogP contribution >= 0.6 is 0 Å². The van der Waals surface area contributed by atoms with Gasteiger partial charge in [-0.15, -0.1) is 0 Å². The zero-order valence-corrected chi connectivity index (χ0v) is 18.9. The van der Waals surface area contributed by atoms with Gasteiger partial charge in [-0.2, -0.15) is 0 Å². The van der Waals surface area contributed by atoms with E-state index in [4.69, 9.17) is 4.74 Å². The summed E-state index contributed by atoms with van der Waals surface area (Å²) < 4.78 is 32.2. The molecule has 0 aromatic heterocycles. The largest absolute Gasteiger partial charge is 0.383 e. The number of methoxy groups -OCH3 is 1. The Morgan fingerprint density at radius 1 is 1.17 bits per heavy atom. The van der Waals surface area contributed by atoms with Crippen LogP contribution in [0.3, 0.4) is 0 Å². The normalized spacial score (nSPS) is 13.1. The third-order valence-corrected chi connectivity index (χ3v) is 6.04. The summed E-state index contributed by atoms with van der Waals surface area (Å²) in [6.45, 7) is 7.82. The molecule has 0 saturated heterocycles. The number of ether oxygens (including phenoxy) is 1. The van der Waals surface area contributed by atoms with Gasteiger partial charge >= 0.3 is 0 Å². The van der Waals surface area contributed by atoms with Crippen molar-refractivity contribution in [3.8, 4) is 0 Å². The van der Waals surface area contributed by atoms with Gasteiger partial charge in [0.1, 0.15) is 0 Å². The Morgan fingerprint density at radius 2 is 1.93 bits per heavy atom. The summed E-state index contributed by atoms with van der Waals surface area (Å²) in [5.41, 5.74) is 3.23. The molecule has 0 fully saturated rings. The lowest BCUT2D eigenvalue weighted by Gasteiger charge is -2.19. The highest BCUT2D eigenvalue weighted by Gasteiger charge is 2.14. The number of hydrogen-bond donors (Lipinski definition) is 3. The highest BCUT2D eigenvalue weighted by Crippen LogP contribution is 2.17. The summed E-state index contributed by atoms with van der Waals surface area (Å²) in [6, 6.07) is 15.1. The van der Waals surface area contributed by atoms with Crippen LogP contribution in [0.15, 0.2) is 58.4 Å². The molecule has 0 saturated carbocycles. The molecule has 30 heavy (non-hydrogen) atoms. The maximum atomic E-state index is 12.4. The molecule has 8 heteroatoms. The minimum atomic E-state index is -3.57. The molecule has 1 unspecified atom stereocenters. The molecule has 7 nitrogen and oxygen atoms in total. The first-order chi connectivity index (χ1) is 14.4. The fraction of sp³-hybridized carbons (Fsp3) is 0.409. The average molecular weight is 433 g/mol. The number of guanidine groups is 1. The molecule has 1 atom stereocenters. The molecule has 0 heterocycles. The minimum Gasteiger partial charge on any atom is -0.383 e. The van der Waals surface area contributed by atoms with Crippen LogP contribution in [0.25, 0.3) is 0 Å². The van der Waals surface area contributed by atoms with Crippen molar-refractivity contribution in [1.29, 1.82) is 0 Å². The summed E-state index contributed by atoms with van der Waals surface area (Å²) in [7, 11) is -2.04. The van der Waals surface area contributed by atoms with Gasteiger partial charge in [-0.1, -0.05) is 36.4 Å². The van der Waals surface area contributed by atoms with E-state index in [1.165, 1.54) is 18.2 Å². The predicted octanol–water partition coefficient (Wildman–Crippen LogP) is 2.74. The SMILES string of the molecule is CCNC(=NCc1cccc(S(=O)(=O)NCCOC)c1)NC(C)c1ccccc1C. The molecule has 0 spiro atoms. The molecule has 2 aromatic carbocycles. The van der Waals surface area contributed by atoms with Crippen molar-refractivity contribution in [2.75, 3.05) is 26.8 Å². The fourth-order valence-corrected chi connectivity index (χ4v) is 4.10. The summed E-state index contributed by atoms with van der Waals surface area (Å²) in [5.74, 6) is 0.680. The first-order valence-electron chi connectivity index (χ1n) is 10.0. The van der Waals surface area contributed by atoms with E-state index >= 15 is 0 Å². The summed E-state index contributed by atoms with van der Waals surface area (Å²) in [5, 5.41) is 6.67. The molecular weight excluding hydrogens is 400 g/mol. The monoisotopic (exact) mass is 432 g/mol. The zero-order valence-electron chi connectivity index (χ0n) is 18.1. The standard InChI is InChI=1S/C22H32N4O3S/c1-5-23-22(26-18(3)21-12-7-6-9-17(21)2)24-16-19-10-8-11-20(15-19)30(27,28)25-13-14-29-4/h6-12,15,18,25H,5,13-14,16H2,1-4H3,(H2,23,24,26). The van der Waals surface area contributed by atoms with Crippen molar-refractivity contribution >= 4 is 16.0 Å². The molecule has 164 valence electrons. The van der Waals surface area contributed by atoms with Gasteiger partial charge in [-0.05, 0) is 49.6 Å². The first kappa shape index (κ1) is 23.9. The lowest BCUT2D eigenvalue weighted by atomic mass is 10.0. The van der Waals surface area contributed by atoms with Crippen LogP contribution in [0.5, 0.6) is 0 Å². The molecule has 2 rings (SSSR count). The minimum absolute atomic E-state index is 0.0840. The summed E-state index contributed by atoms with van der Waals surface area (Å²) >= 11 is 0. The Balaban J connectivity index is 2.12. The molecule has 0 bridgehead atoms. The fourth-order valence-electron chi connectivity index (χ4n) is 3.02. The number of rotatable bonds is 10. The predicted molar refractivity (Wildman–Crippen MR) is 121 cm³/mol. The number of benzene rings is 2. The van der Waals surface area contributed by atoms with Gasteiger partial charge in [0, 0.05) is 20.2 Å². The molecule has 0 aliphatic carbocycles. The smallest absolute Gasteiger partial charge is 0.240 e. The van der Waals surface area contributed by atoms with E-state index in [-0.39, 0.29) is 17.5 Å². The van der Waals surface area contributed by atoms with Gasteiger partial charge in [0.2, 0.25) is 10.0 Å². The first-order valence-corrected chi connectivity index (χ1v) is 11.5. The average Bonchev–Trinajstić information content (AvgIpc) is 2.73. The van der Waals surface area contributed by atoms with E-state index in [2.05, 4.69) is 46.3 Å². The van der Waals surface area contributed by atoms with Gasteiger partial charge < -0.3 is 15.4 Å². The molecule has 0 amide bonds. The Morgan fingerprint density at radius 3 is 2.63 bits per heavy atom. The van der Waals surface area contributed by atoms with Crippen LogP contribution in [0, 0.1) is 6.92 Å². The second-order valence-corrected chi connectivity index (χ2v) is 8.72. The Bertz CT molecular complexity index is 945. The van der Waals surface area contributed by atoms with Crippen molar-refractivity contribution in [3.63, 3.8) is 0 Å². The number of aliphatic imine (C=N–C) groups is 1. The maximum Gasteiger partial charge on any atom is 0.240 e. The zero-order chi connectivity index (χ0) is 22.0. The highest BCUT2D eigenvalue weighted by atomic mass is 32.2. The van der Waals surface area contributed by atoms with Crippen LogP contribution in [-0.2, 0) is 21.3 Å². The third kappa shape index (κ3) is 7.12. The quantitative estimate of drug-likeness (QED) is 0.305. The summed E-state index contributed by atoms with van der Waals surface area (Å²) in [4.78, 5) is 4.86. The number of hydrogen-bond acceptors (Lipinski definition) is 4. The lowest BCUT2D eigenvalue weighted by Crippen LogP contribution is -2.38. The Labute approximate surface area is 180 Å². The van der Waals surface area contributed by atoms with Gasteiger partial charge in [0.05, 0.1) is 24.1 Å². The van der Waals surface area contributed by atoms with Gasteiger partial charge in [-0.25, -0.2) is 18.1 Å². The molecule has 0 aliphatic rings. The van der Waals surface area contributed by atoms with Crippen molar-refractivity contribution in [1.82, 2.24) is 15.4 Å². The van der Waals surface area contributed by atoms with Crippen molar-refractivity contribution in [2.45, 2.75) is 38.3 Å². The molecule has 0 aliphatic heterocycles. The molecule has 2 aromatic rings. The van der Waals surface area contributed by atoms with Crippen LogP contribution in [0.2, 0.25) is 0 Å². The number of nitrogens with zero attached hydrogens (tertiary/aromatic N) is 1. The van der Waals surface area contributed by atoms with E-state index in [0.29, 0.717) is 19.1 Å². The number of nitrogens with one attached hydrogen (secondary N) is 3. The topological polar surface area (TPSA) is 91.8 Å². The second kappa shape index (κ2) is 11.7. The van der Waals surface area contributed by atoms with Crippen molar-refractivity contribution in [3.05, 3.63) is 65.2 Å². The van der Waals surface area contributed by atoms with Crippen molar-refractivity contribution in [2.24, 2.45) is 4.99 Å².